The van der Waals surface area contributed by atoms with Gasteiger partial charge in [-0.05, 0) is 39.7 Å². The summed E-state index contributed by atoms with van der Waals surface area (Å²) in [7, 11) is 0. The molecule has 0 fully saturated rings. The zero-order chi connectivity index (χ0) is 16.2. The van der Waals surface area contributed by atoms with Crippen molar-refractivity contribution in [3.8, 4) is 0 Å². The highest BCUT2D eigenvalue weighted by atomic mass is 16.6. The third-order valence-corrected chi connectivity index (χ3v) is 4.02. The molecule has 1 aromatic carbocycles. The number of amides is 1. The number of hydrogen-bond donors (Lipinski definition) is 0. The Hall–Kier alpha value is -1.91. The van der Waals surface area contributed by atoms with Crippen molar-refractivity contribution in [2.24, 2.45) is 0 Å². The van der Waals surface area contributed by atoms with Gasteiger partial charge >= 0.3 is 0 Å². The van der Waals surface area contributed by atoms with E-state index >= 15 is 0 Å². The molecule has 0 N–H and O–H groups in total. The molecule has 0 unspecified atom stereocenters. The van der Waals surface area contributed by atoms with Crippen molar-refractivity contribution >= 4 is 11.6 Å². The predicted octanol–water partition coefficient (Wildman–Crippen LogP) is 3.94. The zero-order valence-electron chi connectivity index (χ0n) is 13.4. The SMILES string of the molecule is CC[C@@H](C)N(C(=O)c1ccc(C)c([N+](=O)[O-])c1)[C@H](C)CC. The van der Waals surface area contributed by atoms with Crippen LogP contribution in [0.5, 0.6) is 0 Å². The first-order valence-corrected chi connectivity index (χ1v) is 7.41. The standard InChI is InChI=1S/C16H24N2O3/c1-6-12(4)17(13(5)7-2)16(19)14-9-8-11(3)15(10-14)18(20)21/h8-10,12-13H,6-7H2,1-5H3/t12-,13-/m1/s1. The monoisotopic (exact) mass is 292 g/mol. The van der Waals surface area contributed by atoms with Crippen LogP contribution in [0.3, 0.4) is 0 Å². The molecular formula is C16H24N2O3. The summed E-state index contributed by atoms with van der Waals surface area (Å²) in [6.45, 7) is 9.75. The van der Waals surface area contributed by atoms with Gasteiger partial charge in [0.15, 0.2) is 0 Å². The minimum atomic E-state index is -0.442. The Morgan fingerprint density at radius 1 is 1.24 bits per heavy atom. The number of nitrogens with zero attached hydrogens (tertiary/aromatic N) is 2. The zero-order valence-corrected chi connectivity index (χ0v) is 13.4. The first-order chi connectivity index (χ1) is 9.83. The van der Waals surface area contributed by atoms with Gasteiger partial charge in [-0.25, -0.2) is 0 Å². The van der Waals surface area contributed by atoms with Crippen LogP contribution in [0.15, 0.2) is 18.2 Å². The molecule has 0 aliphatic carbocycles. The molecule has 21 heavy (non-hydrogen) atoms. The minimum Gasteiger partial charge on any atom is -0.333 e. The fourth-order valence-electron chi connectivity index (χ4n) is 2.32. The van der Waals surface area contributed by atoms with Crippen molar-refractivity contribution in [3.05, 3.63) is 39.4 Å². The van der Waals surface area contributed by atoms with E-state index in [0.717, 1.165) is 12.8 Å². The third-order valence-electron chi connectivity index (χ3n) is 4.02. The van der Waals surface area contributed by atoms with Crippen molar-refractivity contribution in [1.29, 1.82) is 0 Å². The molecule has 0 bridgehead atoms. The van der Waals surface area contributed by atoms with Crippen molar-refractivity contribution in [2.45, 2.75) is 59.5 Å². The predicted molar refractivity (Wildman–Crippen MR) is 83.5 cm³/mol. The second kappa shape index (κ2) is 7.20. The fraction of sp³-hybridized carbons (Fsp3) is 0.562. The molecule has 5 nitrogen and oxygen atoms in total. The molecule has 0 aromatic heterocycles. The molecule has 0 aliphatic rings. The van der Waals surface area contributed by atoms with E-state index in [4.69, 9.17) is 0 Å². The first kappa shape index (κ1) is 17.1. The van der Waals surface area contributed by atoms with Crippen LogP contribution in [0.25, 0.3) is 0 Å². The summed E-state index contributed by atoms with van der Waals surface area (Å²) in [6.07, 6.45) is 1.70. The highest BCUT2D eigenvalue weighted by Gasteiger charge is 2.26. The number of carbonyl (C=O) groups is 1. The van der Waals surface area contributed by atoms with E-state index < -0.39 is 4.92 Å². The van der Waals surface area contributed by atoms with Crippen molar-refractivity contribution in [2.75, 3.05) is 0 Å². The molecule has 1 amide bonds. The van der Waals surface area contributed by atoms with E-state index in [1.165, 1.54) is 6.07 Å². The molecule has 0 radical (unpaired) electrons. The molecule has 1 rings (SSSR count). The number of hydrogen-bond acceptors (Lipinski definition) is 3. The number of aryl methyl sites for hydroxylation is 1. The van der Waals surface area contributed by atoms with Crippen LogP contribution in [0.1, 0.15) is 56.5 Å². The lowest BCUT2D eigenvalue weighted by Crippen LogP contribution is -2.44. The molecule has 2 atom stereocenters. The highest BCUT2D eigenvalue weighted by molar-refractivity contribution is 5.95. The molecule has 1 aromatic rings. The van der Waals surface area contributed by atoms with Gasteiger partial charge in [-0.3, -0.25) is 14.9 Å². The summed E-state index contributed by atoms with van der Waals surface area (Å²) in [4.78, 5) is 25.1. The van der Waals surface area contributed by atoms with Crippen LogP contribution < -0.4 is 0 Å². The average Bonchev–Trinajstić information content (AvgIpc) is 2.46. The normalized spacial score (nSPS) is 13.6. The van der Waals surface area contributed by atoms with Gasteiger partial charge in [0.05, 0.1) is 4.92 Å². The van der Waals surface area contributed by atoms with E-state index in [1.54, 1.807) is 19.1 Å². The van der Waals surface area contributed by atoms with Gasteiger partial charge in [0.1, 0.15) is 0 Å². The average molecular weight is 292 g/mol. The third kappa shape index (κ3) is 3.80. The Labute approximate surface area is 126 Å². The Morgan fingerprint density at radius 3 is 2.19 bits per heavy atom. The minimum absolute atomic E-state index is 0.00546. The highest BCUT2D eigenvalue weighted by Crippen LogP contribution is 2.22. The second-order valence-electron chi connectivity index (χ2n) is 5.49. The van der Waals surface area contributed by atoms with Crippen LogP contribution in [-0.2, 0) is 0 Å². The molecule has 5 heteroatoms. The summed E-state index contributed by atoms with van der Waals surface area (Å²) in [5, 5.41) is 11.0. The van der Waals surface area contributed by atoms with Crippen LogP contribution >= 0.6 is 0 Å². The summed E-state index contributed by atoms with van der Waals surface area (Å²) in [6, 6.07) is 4.90. The van der Waals surface area contributed by atoms with Gasteiger partial charge in [-0.2, -0.15) is 0 Å². The summed E-state index contributed by atoms with van der Waals surface area (Å²) < 4.78 is 0. The smallest absolute Gasteiger partial charge is 0.273 e. The molecule has 0 aliphatic heterocycles. The maximum absolute atomic E-state index is 12.7. The number of nitro groups is 1. The maximum Gasteiger partial charge on any atom is 0.273 e. The Morgan fingerprint density at radius 2 is 1.76 bits per heavy atom. The van der Waals surface area contributed by atoms with Gasteiger partial charge in [-0.1, -0.05) is 19.9 Å². The van der Waals surface area contributed by atoms with Crippen LogP contribution in [0.4, 0.5) is 5.69 Å². The van der Waals surface area contributed by atoms with E-state index in [9.17, 15) is 14.9 Å². The summed E-state index contributed by atoms with van der Waals surface area (Å²) >= 11 is 0. The first-order valence-electron chi connectivity index (χ1n) is 7.41. The number of rotatable bonds is 6. The molecule has 0 saturated carbocycles. The number of carbonyl (C=O) groups excluding carboxylic acids is 1. The Kier molecular flexibility index (Phi) is 5.88. The quantitative estimate of drug-likeness (QED) is 0.589. The number of benzene rings is 1. The van der Waals surface area contributed by atoms with E-state index in [1.807, 2.05) is 32.6 Å². The molecular weight excluding hydrogens is 268 g/mol. The maximum atomic E-state index is 12.7. The van der Waals surface area contributed by atoms with Crippen LogP contribution in [0.2, 0.25) is 0 Å². The summed E-state index contributed by atoms with van der Waals surface area (Å²) in [5.41, 5.74) is 0.942. The van der Waals surface area contributed by atoms with E-state index in [2.05, 4.69) is 0 Å². The van der Waals surface area contributed by atoms with Crippen molar-refractivity contribution in [3.63, 3.8) is 0 Å². The topological polar surface area (TPSA) is 63.5 Å². The Bertz CT molecular complexity index is 518. The molecule has 0 spiro atoms. The fourth-order valence-corrected chi connectivity index (χ4v) is 2.32. The lowest BCUT2D eigenvalue weighted by atomic mass is 10.0. The van der Waals surface area contributed by atoms with Gasteiger partial charge in [-0.15, -0.1) is 0 Å². The van der Waals surface area contributed by atoms with Crippen molar-refractivity contribution < 1.29 is 9.72 Å². The van der Waals surface area contributed by atoms with E-state index in [-0.39, 0.29) is 23.7 Å². The molecule has 0 saturated heterocycles. The second-order valence-corrected chi connectivity index (χ2v) is 5.49. The lowest BCUT2D eigenvalue weighted by Gasteiger charge is -2.34. The number of nitro benzene ring substituents is 1. The summed E-state index contributed by atoms with van der Waals surface area (Å²) in [5.74, 6) is -0.137. The van der Waals surface area contributed by atoms with Gasteiger partial charge in [0.25, 0.3) is 11.6 Å². The molecule has 116 valence electrons. The van der Waals surface area contributed by atoms with Crippen molar-refractivity contribution in [1.82, 2.24) is 4.90 Å². The largest absolute Gasteiger partial charge is 0.333 e. The van der Waals surface area contributed by atoms with Crippen LogP contribution in [0, 0.1) is 17.0 Å². The van der Waals surface area contributed by atoms with Crippen LogP contribution in [-0.4, -0.2) is 27.8 Å². The van der Waals surface area contributed by atoms with Gasteiger partial charge in [0, 0.05) is 29.3 Å². The Balaban J connectivity index is 3.21. The lowest BCUT2D eigenvalue weighted by molar-refractivity contribution is -0.385. The van der Waals surface area contributed by atoms with E-state index in [0.29, 0.717) is 11.1 Å². The van der Waals surface area contributed by atoms with Gasteiger partial charge < -0.3 is 4.90 Å². The molecule has 0 heterocycles. The van der Waals surface area contributed by atoms with Gasteiger partial charge in [0.2, 0.25) is 0 Å².